The van der Waals surface area contributed by atoms with Gasteiger partial charge in [0.25, 0.3) is 5.91 Å². The number of benzene rings is 1. The number of hydrogen-bond donors (Lipinski definition) is 0. The van der Waals surface area contributed by atoms with Gasteiger partial charge in [-0.3, -0.25) is 4.79 Å². The van der Waals surface area contributed by atoms with E-state index in [2.05, 4.69) is 23.9 Å². The van der Waals surface area contributed by atoms with Crippen LogP contribution in [0.2, 0.25) is 0 Å². The van der Waals surface area contributed by atoms with Crippen LogP contribution < -0.4 is 0 Å². The number of piperidine rings is 1. The first-order chi connectivity index (χ1) is 14.5. The van der Waals surface area contributed by atoms with Crippen molar-refractivity contribution in [3.05, 3.63) is 52.8 Å². The minimum Gasteiger partial charge on any atom is -0.337 e. The second-order valence-corrected chi connectivity index (χ2v) is 8.78. The van der Waals surface area contributed by atoms with Gasteiger partial charge >= 0.3 is 6.18 Å². The third kappa shape index (κ3) is 4.16. The van der Waals surface area contributed by atoms with Crippen LogP contribution in [0.5, 0.6) is 0 Å². The molecule has 2 atom stereocenters. The van der Waals surface area contributed by atoms with Crippen molar-refractivity contribution in [1.82, 2.24) is 19.5 Å². The van der Waals surface area contributed by atoms with E-state index >= 15 is 0 Å². The third-order valence-electron chi connectivity index (χ3n) is 5.90. The smallest absolute Gasteiger partial charge is 0.337 e. The van der Waals surface area contributed by atoms with Crippen molar-refractivity contribution in [2.75, 3.05) is 13.1 Å². The summed E-state index contributed by atoms with van der Waals surface area (Å²) in [5.74, 6) is 0.319. The fraction of sp³-hybridized carbons (Fsp3) is 0.435. The topological polar surface area (TPSA) is 50.5 Å². The molecule has 0 spiro atoms. The summed E-state index contributed by atoms with van der Waals surface area (Å²) < 4.78 is 42.3. The lowest BCUT2D eigenvalue weighted by Gasteiger charge is -2.34. The number of halogens is 3. The first-order valence-electron chi connectivity index (χ1n) is 10.4. The molecule has 0 saturated carbocycles. The summed E-state index contributed by atoms with van der Waals surface area (Å²) in [6.07, 6.45) is -3.62. The Kier molecular flexibility index (Phi) is 5.27. The molecule has 1 amide bonds. The van der Waals surface area contributed by atoms with Gasteiger partial charge in [-0.25, -0.2) is 9.50 Å². The van der Waals surface area contributed by atoms with Gasteiger partial charge in [-0.1, -0.05) is 26.0 Å². The second kappa shape index (κ2) is 7.66. The molecule has 0 bridgehead atoms. The number of carbonyl (C=O) groups is 1. The highest BCUT2D eigenvalue weighted by molar-refractivity contribution is 5.93. The molecule has 1 aliphatic heterocycles. The fourth-order valence-corrected chi connectivity index (χ4v) is 4.32. The van der Waals surface area contributed by atoms with Crippen LogP contribution in [0.3, 0.4) is 0 Å². The molecule has 1 aromatic carbocycles. The molecule has 31 heavy (non-hydrogen) atoms. The minimum atomic E-state index is -4.64. The molecule has 0 radical (unpaired) electrons. The van der Waals surface area contributed by atoms with Crippen LogP contribution in [-0.2, 0) is 6.18 Å². The number of nitrogens with zero attached hydrogens (tertiary/aromatic N) is 4. The molecule has 1 fully saturated rings. The van der Waals surface area contributed by atoms with Crippen LogP contribution in [0.25, 0.3) is 16.9 Å². The van der Waals surface area contributed by atoms with Crippen LogP contribution in [0, 0.1) is 25.7 Å². The molecule has 0 N–H and O–H groups in total. The van der Waals surface area contributed by atoms with Crippen molar-refractivity contribution >= 4 is 11.6 Å². The monoisotopic (exact) mass is 430 g/mol. The van der Waals surface area contributed by atoms with Crippen LogP contribution >= 0.6 is 0 Å². The third-order valence-corrected chi connectivity index (χ3v) is 5.90. The van der Waals surface area contributed by atoms with Gasteiger partial charge in [-0.2, -0.15) is 18.3 Å². The average Bonchev–Trinajstić information content (AvgIpc) is 3.11. The van der Waals surface area contributed by atoms with E-state index in [0.717, 1.165) is 28.1 Å². The summed E-state index contributed by atoms with van der Waals surface area (Å²) in [5.41, 5.74) is 1.82. The predicted octanol–water partition coefficient (Wildman–Crippen LogP) is 5.15. The Bertz CT molecular complexity index is 1140. The van der Waals surface area contributed by atoms with E-state index in [1.807, 2.05) is 26.0 Å². The summed E-state index contributed by atoms with van der Waals surface area (Å²) in [7, 11) is 0. The molecule has 2 aromatic heterocycles. The first-order valence-corrected chi connectivity index (χ1v) is 10.4. The molecule has 4 rings (SSSR count). The molecule has 1 aliphatic rings. The Balaban J connectivity index is 1.80. The van der Waals surface area contributed by atoms with E-state index in [4.69, 9.17) is 0 Å². The van der Waals surface area contributed by atoms with Crippen molar-refractivity contribution in [2.45, 2.75) is 40.3 Å². The zero-order valence-electron chi connectivity index (χ0n) is 18.0. The highest BCUT2D eigenvalue weighted by Crippen LogP contribution is 2.33. The second-order valence-electron chi connectivity index (χ2n) is 8.78. The fourth-order valence-electron chi connectivity index (χ4n) is 4.32. The normalized spacial score (nSPS) is 19.8. The van der Waals surface area contributed by atoms with Gasteiger partial charge in [0.15, 0.2) is 17.0 Å². The molecule has 0 unspecified atom stereocenters. The summed E-state index contributed by atoms with van der Waals surface area (Å²) in [5, 5.41) is 4.01. The zero-order valence-corrected chi connectivity index (χ0v) is 18.0. The van der Waals surface area contributed by atoms with Crippen LogP contribution in [0.1, 0.15) is 47.6 Å². The van der Waals surface area contributed by atoms with Gasteiger partial charge in [0.05, 0.1) is 5.69 Å². The van der Waals surface area contributed by atoms with Crippen LogP contribution in [-0.4, -0.2) is 38.5 Å². The Morgan fingerprint density at radius 2 is 1.71 bits per heavy atom. The average molecular weight is 430 g/mol. The summed E-state index contributed by atoms with van der Waals surface area (Å²) in [4.78, 5) is 19.1. The van der Waals surface area contributed by atoms with Gasteiger partial charge in [0, 0.05) is 24.7 Å². The predicted molar refractivity (Wildman–Crippen MR) is 112 cm³/mol. The highest BCUT2D eigenvalue weighted by Gasteiger charge is 2.36. The molecule has 5 nitrogen and oxygen atoms in total. The Morgan fingerprint density at radius 1 is 1.03 bits per heavy atom. The van der Waals surface area contributed by atoms with Crippen molar-refractivity contribution in [3.8, 4) is 11.3 Å². The van der Waals surface area contributed by atoms with Crippen molar-refractivity contribution < 1.29 is 18.0 Å². The number of aromatic nitrogens is 3. The number of rotatable bonds is 2. The molecular formula is C23H25F3N4O. The van der Waals surface area contributed by atoms with E-state index in [1.165, 1.54) is 6.07 Å². The number of aryl methyl sites for hydroxylation is 2. The molecular weight excluding hydrogens is 405 g/mol. The van der Waals surface area contributed by atoms with Crippen LogP contribution in [0.4, 0.5) is 13.2 Å². The molecule has 0 aliphatic carbocycles. The standard InChI is InChI=1S/C23H25F3N4O/c1-13-7-14(2)12-29(11-13)22(31)19-10-21-27-18(17-6-5-15(3)16(4)8-17)9-20(23(24,25)26)30(21)28-19/h5-6,8-10,13-14H,7,11-12H2,1-4H3/t13-,14+. The maximum Gasteiger partial charge on any atom is 0.433 e. The van der Waals surface area contributed by atoms with E-state index in [-0.39, 0.29) is 22.9 Å². The quantitative estimate of drug-likeness (QED) is 0.565. The summed E-state index contributed by atoms with van der Waals surface area (Å²) >= 11 is 0. The maximum atomic E-state index is 13.8. The zero-order chi connectivity index (χ0) is 22.5. The van der Waals surface area contributed by atoms with Crippen molar-refractivity contribution in [3.63, 3.8) is 0 Å². The Hall–Kier alpha value is -2.90. The lowest BCUT2D eigenvalue weighted by molar-refractivity contribution is -0.142. The molecule has 3 heterocycles. The summed E-state index contributed by atoms with van der Waals surface area (Å²) in [6.45, 7) is 9.12. The number of fused-ring (bicyclic) bond motifs is 1. The first kappa shape index (κ1) is 21.3. The summed E-state index contributed by atoms with van der Waals surface area (Å²) in [6, 6.07) is 7.76. The number of amides is 1. The Labute approximate surface area is 178 Å². The highest BCUT2D eigenvalue weighted by atomic mass is 19.4. The van der Waals surface area contributed by atoms with Gasteiger partial charge in [0.1, 0.15) is 0 Å². The van der Waals surface area contributed by atoms with Gasteiger partial charge in [-0.15, -0.1) is 0 Å². The maximum absolute atomic E-state index is 13.8. The van der Waals surface area contributed by atoms with E-state index in [1.54, 1.807) is 11.0 Å². The van der Waals surface area contributed by atoms with E-state index < -0.39 is 11.9 Å². The lowest BCUT2D eigenvalue weighted by atomic mass is 9.92. The molecule has 8 heteroatoms. The van der Waals surface area contributed by atoms with Crippen LogP contribution in [0.15, 0.2) is 30.3 Å². The minimum absolute atomic E-state index is 0.00418. The number of hydrogen-bond acceptors (Lipinski definition) is 3. The number of alkyl halides is 3. The van der Waals surface area contributed by atoms with Crippen molar-refractivity contribution in [2.24, 2.45) is 11.8 Å². The van der Waals surface area contributed by atoms with Crippen molar-refractivity contribution in [1.29, 1.82) is 0 Å². The Morgan fingerprint density at radius 3 is 2.32 bits per heavy atom. The van der Waals surface area contributed by atoms with E-state index in [0.29, 0.717) is 30.5 Å². The van der Waals surface area contributed by atoms with Gasteiger partial charge in [0.2, 0.25) is 0 Å². The molecule has 164 valence electrons. The van der Waals surface area contributed by atoms with Gasteiger partial charge < -0.3 is 4.90 Å². The molecule has 1 saturated heterocycles. The van der Waals surface area contributed by atoms with E-state index in [9.17, 15) is 18.0 Å². The number of carbonyl (C=O) groups excluding carboxylic acids is 1. The number of likely N-dealkylation sites (tertiary alicyclic amines) is 1. The van der Waals surface area contributed by atoms with Gasteiger partial charge in [-0.05, 0) is 55.4 Å². The largest absolute Gasteiger partial charge is 0.433 e. The SMILES string of the molecule is Cc1ccc(-c2cc(C(F)(F)F)n3nc(C(=O)N4C[C@H](C)C[C@H](C)C4)cc3n2)cc1C. The molecule has 3 aromatic rings. The lowest BCUT2D eigenvalue weighted by Crippen LogP contribution is -2.42.